The van der Waals surface area contributed by atoms with E-state index in [1.165, 1.54) is 5.56 Å². The zero-order chi connectivity index (χ0) is 16.8. The first-order valence-corrected chi connectivity index (χ1v) is 8.10. The highest BCUT2D eigenvalue weighted by atomic mass is 16.2. The molecule has 1 atom stereocenters. The van der Waals surface area contributed by atoms with E-state index in [-0.39, 0.29) is 17.4 Å². The lowest BCUT2D eigenvalue weighted by atomic mass is 9.75. The second kappa shape index (κ2) is 5.22. The number of hydrogen-bond acceptors (Lipinski definition) is 2. The molecule has 0 fully saturated rings. The van der Waals surface area contributed by atoms with Gasteiger partial charge in [0.15, 0.2) is 0 Å². The van der Waals surface area contributed by atoms with Crippen molar-refractivity contribution in [3.8, 4) is 0 Å². The Kier molecular flexibility index (Phi) is 3.58. The van der Waals surface area contributed by atoms with Crippen LogP contribution in [0.4, 0.5) is 5.69 Å². The molecule has 1 amide bonds. The SMILES string of the molecule is CC(C)(C)C(=O)N1CC(C)(C)C(n2ccnc2)c2ccccc21. The fourth-order valence-corrected chi connectivity index (χ4v) is 3.54. The summed E-state index contributed by atoms with van der Waals surface area (Å²) in [7, 11) is 0. The molecule has 0 N–H and O–H groups in total. The normalized spacial score (nSPS) is 20.2. The van der Waals surface area contributed by atoms with Gasteiger partial charge in [-0.2, -0.15) is 0 Å². The number of carbonyl (C=O) groups excluding carboxylic acids is 1. The highest BCUT2D eigenvalue weighted by Gasteiger charge is 2.43. The summed E-state index contributed by atoms with van der Waals surface area (Å²) in [5.41, 5.74) is 1.71. The van der Waals surface area contributed by atoms with Gasteiger partial charge in [0, 0.05) is 35.5 Å². The minimum Gasteiger partial charge on any atom is -0.329 e. The molecular weight excluding hydrogens is 286 g/mol. The van der Waals surface area contributed by atoms with E-state index < -0.39 is 5.41 Å². The zero-order valence-corrected chi connectivity index (χ0v) is 14.6. The van der Waals surface area contributed by atoms with Gasteiger partial charge in [0.2, 0.25) is 5.91 Å². The van der Waals surface area contributed by atoms with Crippen LogP contribution in [0.25, 0.3) is 0 Å². The van der Waals surface area contributed by atoms with Gasteiger partial charge >= 0.3 is 0 Å². The number of fused-ring (bicyclic) bond motifs is 1. The van der Waals surface area contributed by atoms with Crippen molar-refractivity contribution in [2.75, 3.05) is 11.4 Å². The van der Waals surface area contributed by atoms with Gasteiger partial charge < -0.3 is 9.47 Å². The molecule has 0 saturated heterocycles. The minimum atomic E-state index is -0.398. The van der Waals surface area contributed by atoms with Crippen LogP contribution in [-0.4, -0.2) is 22.0 Å². The molecule has 0 spiro atoms. The number of para-hydroxylation sites is 1. The van der Waals surface area contributed by atoms with Gasteiger partial charge in [0.25, 0.3) is 0 Å². The van der Waals surface area contributed by atoms with Crippen LogP contribution < -0.4 is 4.90 Å². The maximum atomic E-state index is 13.0. The molecule has 3 rings (SSSR count). The van der Waals surface area contributed by atoms with Crippen molar-refractivity contribution in [1.82, 2.24) is 9.55 Å². The van der Waals surface area contributed by atoms with Gasteiger partial charge in [0.05, 0.1) is 12.4 Å². The molecule has 0 saturated carbocycles. The third-order valence-electron chi connectivity index (χ3n) is 4.54. The first-order valence-electron chi connectivity index (χ1n) is 8.10. The molecule has 1 aromatic carbocycles. The number of amides is 1. The number of aromatic nitrogens is 2. The Morgan fingerprint density at radius 2 is 1.96 bits per heavy atom. The molecule has 4 heteroatoms. The molecule has 122 valence electrons. The predicted molar refractivity (Wildman–Crippen MR) is 92.4 cm³/mol. The Morgan fingerprint density at radius 1 is 1.26 bits per heavy atom. The van der Waals surface area contributed by atoms with Crippen molar-refractivity contribution in [1.29, 1.82) is 0 Å². The van der Waals surface area contributed by atoms with Gasteiger partial charge in [-0.1, -0.05) is 52.8 Å². The van der Waals surface area contributed by atoms with E-state index in [9.17, 15) is 4.79 Å². The van der Waals surface area contributed by atoms with Crippen LogP contribution >= 0.6 is 0 Å². The molecule has 1 unspecified atom stereocenters. The molecule has 1 aliphatic rings. The highest BCUT2D eigenvalue weighted by Crippen LogP contribution is 2.47. The first-order chi connectivity index (χ1) is 10.7. The second-order valence-corrected chi connectivity index (χ2v) is 8.10. The van der Waals surface area contributed by atoms with Crippen LogP contribution in [0.15, 0.2) is 43.0 Å². The van der Waals surface area contributed by atoms with Gasteiger partial charge in [-0.25, -0.2) is 4.98 Å². The molecule has 4 nitrogen and oxygen atoms in total. The number of imidazole rings is 1. The lowest BCUT2D eigenvalue weighted by molar-refractivity contribution is -0.126. The second-order valence-electron chi connectivity index (χ2n) is 8.10. The summed E-state index contributed by atoms with van der Waals surface area (Å²) in [5.74, 6) is 0.169. The predicted octanol–water partition coefficient (Wildman–Crippen LogP) is 3.89. The van der Waals surface area contributed by atoms with Crippen LogP contribution in [0.5, 0.6) is 0 Å². The molecular formula is C19H25N3O. The van der Waals surface area contributed by atoms with E-state index in [0.717, 1.165) is 5.69 Å². The summed E-state index contributed by atoms with van der Waals surface area (Å²) < 4.78 is 2.15. The van der Waals surface area contributed by atoms with Crippen molar-refractivity contribution in [3.63, 3.8) is 0 Å². The van der Waals surface area contributed by atoms with E-state index in [1.807, 2.05) is 56.5 Å². The van der Waals surface area contributed by atoms with Crippen molar-refractivity contribution in [3.05, 3.63) is 48.5 Å². The quantitative estimate of drug-likeness (QED) is 0.801. The highest BCUT2D eigenvalue weighted by molar-refractivity contribution is 5.98. The van der Waals surface area contributed by atoms with Crippen LogP contribution in [0.1, 0.15) is 46.2 Å². The smallest absolute Gasteiger partial charge is 0.232 e. The molecule has 2 aromatic rings. The average molecular weight is 311 g/mol. The van der Waals surface area contributed by atoms with E-state index in [4.69, 9.17) is 0 Å². The van der Waals surface area contributed by atoms with Crippen molar-refractivity contribution in [2.45, 2.75) is 40.7 Å². The summed E-state index contributed by atoms with van der Waals surface area (Å²) in [6.07, 6.45) is 5.68. The third kappa shape index (κ3) is 2.67. The van der Waals surface area contributed by atoms with E-state index in [2.05, 4.69) is 35.5 Å². The van der Waals surface area contributed by atoms with Gasteiger partial charge in [-0.3, -0.25) is 4.79 Å². The summed E-state index contributed by atoms with van der Waals surface area (Å²) in [6.45, 7) is 11.1. The van der Waals surface area contributed by atoms with E-state index in [0.29, 0.717) is 6.54 Å². The number of anilines is 1. The summed E-state index contributed by atoms with van der Waals surface area (Å²) in [6, 6.07) is 8.40. The summed E-state index contributed by atoms with van der Waals surface area (Å²) >= 11 is 0. The monoisotopic (exact) mass is 311 g/mol. The van der Waals surface area contributed by atoms with Crippen molar-refractivity contribution >= 4 is 11.6 Å². The number of nitrogens with zero attached hydrogens (tertiary/aromatic N) is 3. The largest absolute Gasteiger partial charge is 0.329 e. The van der Waals surface area contributed by atoms with Crippen molar-refractivity contribution < 1.29 is 4.79 Å². The van der Waals surface area contributed by atoms with Gasteiger partial charge in [-0.05, 0) is 11.6 Å². The molecule has 1 aliphatic heterocycles. The maximum absolute atomic E-state index is 13.0. The Labute approximate surface area is 138 Å². The molecule has 0 aliphatic carbocycles. The topological polar surface area (TPSA) is 38.1 Å². The fraction of sp³-hybridized carbons (Fsp3) is 0.474. The maximum Gasteiger partial charge on any atom is 0.232 e. The molecule has 2 heterocycles. The standard InChI is InChI=1S/C19H25N3O/c1-18(2,3)17(23)22-12-19(4,5)16(21-11-10-20-13-21)14-8-6-7-9-15(14)22/h6-11,13,16H,12H2,1-5H3. The van der Waals surface area contributed by atoms with Gasteiger partial charge in [0.1, 0.15) is 0 Å². The van der Waals surface area contributed by atoms with Crippen molar-refractivity contribution in [2.24, 2.45) is 10.8 Å². The number of benzene rings is 1. The number of carbonyl (C=O) groups is 1. The summed E-state index contributed by atoms with van der Waals surface area (Å²) in [5, 5.41) is 0. The Balaban J connectivity index is 2.15. The number of hydrogen-bond donors (Lipinski definition) is 0. The minimum absolute atomic E-state index is 0.0873. The molecule has 1 aromatic heterocycles. The first kappa shape index (κ1) is 15.8. The van der Waals surface area contributed by atoms with Crippen LogP contribution in [0.2, 0.25) is 0 Å². The fourth-order valence-electron chi connectivity index (χ4n) is 3.54. The molecule has 0 radical (unpaired) electrons. The molecule has 0 bridgehead atoms. The third-order valence-corrected chi connectivity index (χ3v) is 4.54. The lowest BCUT2D eigenvalue weighted by Crippen LogP contribution is -2.50. The number of rotatable bonds is 1. The Morgan fingerprint density at radius 3 is 2.57 bits per heavy atom. The van der Waals surface area contributed by atoms with Crippen LogP contribution in [-0.2, 0) is 4.79 Å². The van der Waals surface area contributed by atoms with E-state index in [1.54, 1.807) is 0 Å². The summed E-state index contributed by atoms with van der Waals surface area (Å²) in [4.78, 5) is 19.1. The Hall–Kier alpha value is -2.10. The van der Waals surface area contributed by atoms with Crippen LogP contribution in [0, 0.1) is 10.8 Å². The van der Waals surface area contributed by atoms with Gasteiger partial charge in [-0.15, -0.1) is 0 Å². The lowest BCUT2D eigenvalue weighted by Gasteiger charge is -2.47. The zero-order valence-electron chi connectivity index (χ0n) is 14.6. The molecule has 23 heavy (non-hydrogen) atoms. The average Bonchev–Trinajstić information content (AvgIpc) is 2.97. The van der Waals surface area contributed by atoms with Crippen LogP contribution in [0.3, 0.4) is 0 Å². The Bertz CT molecular complexity index is 710. The van der Waals surface area contributed by atoms with E-state index >= 15 is 0 Å².